The summed E-state index contributed by atoms with van der Waals surface area (Å²) in [6.07, 6.45) is 2.37. The molecule has 2 N–H and O–H groups in total. The minimum atomic E-state index is -1.02. The summed E-state index contributed by atoms with van der Waals surface area (Å²) in [5.74, 6) is -1.19. The summed E-state index contributed by atoms with van der Waals surface area (Å²) in [6.45, 7) is 3.05. The summed E-state index contributed by atoms with van der Waals surface area (Å²) in [5.41, 5.74) is 0. The molecule has 2 aliphatic heterocycles. The Labute approximate surface area is 118 Å². The van der Waals surface area contributed by atoms with Gasteiger partial charge in [0, 0.05) is 6.54 Å². The van der Waals surface area contributed by atoms with Crippen LogP contribution in [0.5, 0.6) is 0 Å². The van der Waals surface area contributed by atoms with Crippen LogP contribution < -0.4 is 5.32 Å². The highest BCUT2D eigenvalue weighted by Crippen LogP contribution is 2.11. The van der Waals surface area contributed by atoms with Crippen molar-refractivity contribution in [3.8, 4) is 0 Å². The van der Waals surface area contributed by atoms with E-state index >= 15 is 0 Å². The maximum atomic E-state index is 12.1. The number of carboxylic acids is 1. The van der Waals surface area contributed by atoms with E-state index in [1.165, 1.54) is 4.90 Å². The zero-order chi connectivity index (χ0) is 14.4. The number of ether oxygens (including phenoxy) is 2. The van der Waals surface area contributed by atoms with Gasteiger partial charge in [0.2, 0.25) is 5.91 Å². The molecule has 1 unspecified atom stereocenters. The number of aliphatic carboxylic acids is 1. The van der Waals surface area contributed by atoms with Crippen LogP contribution in [0.2, 0.25) is 0 Å². The summed E-state index contributed by atoms with van der Waals surface area (Å²) in [5, 5.41) is 12.3. The third kappa shape index (κ3) is 4.16. The standard InChI is InChI=1S/C13H22N2O5/c16-12(3-7-20-10-1-4-14-5-2-10)15-6-8-19-9-11(15)13(17)18/h10-11,14H,1-9H2,(H,17,18). The molecule has 0 saturated carbocycles. The number of hydrogen-bond donors (Lipinski definition) is 2. The highest BCUT2D eigenvalue weighted by molar-refractivity contribution is 5.84. The number of nitrogens with one attached hydrogen (secondary N) is 1. The zero-order valence-corrected chi connectivity index (χ0v) is 11.5. The van der Waals surface area contributed by atoms with E-state index < -0.39 is 12.0 Å². The van der Waals surface area contributed by atoms with Crippen molar-refractivity contribution in [3.63, 3.8) is 0 Å². The van der Waals surface area contributed by atoms with Crippen LogP contribution in [0.15, 0.2) is 0 Å². The molecule has 2 fully saturated rings. The summed E-state index contributed by atoms with van der Waals surface area (Å²) in [4.78, 5) is 24.5. The number of piperidine rings is 1. The molecule has 2 heterocycles. The second-order valence-corrected chi connectivity index (χ2v) is 5.09. The molecule has 7 nitrogen and oxygen atoms in total. The first kappa shape index (κ1) is 15.2. The fourth-order valence-electron chi connectivity index (χ4n) is 2.53. The molecule has 0 aromatic carbocycles. The average Bonchev–Trinajstić information content (AvgIpc) is 2.48. The Bertz CT molecular complexity index is 344. The lowest BCUT2D eigenvalue weighted by Gasteiger charge is -2.33. The molecule has 0 aromatic rings. The van der Waals surface area contributed by atoms with Crippen LogP contribution in [0.3, 0.4) is 0 Å². The summed E-state index contributed by atoms with van der Waals surface area (Å²) >= 11 is 0. The number of rotatable bonds is 5. The van der Waals surface area contributed by atoms with Crippen molar-refractivity contribution in [1.82, 2.24) is 10.2 Å². The molecule has 0 spiro atoms. The molecular weight excluding hydrogens is 264 g/mol. The van der Waals surface area contributed by atoms with Crippen LogP contribution in [0.1, 0.15) is 19.3 Å². The molecule has 1 atom stereocenters. The third-order valence-corrected chi connectivity index (χ3v) is 3.69. The minimum Gasteiger partial charge on any atom is -0.480 e. The van der Waals surface area contributed by atoms with Gasteiger partial charge in [0.25, 0.3) is 0 Å². The molecule has 0 radical (unpaired) electrons. The first-order valence-electron chi connectivity index (χ1n) is 7.11. The Morgan fingerprint density at radius 3 is 2.80 bits per heavy atom. The van der Waals surface area contributed by atoms with Crippen molar-refractivity contribution in [1.29, 1.82) is 0 Å². The van der Waals surface area contributed by atoms with Crippen molar-refractivity contribution < 1.29 is 24.2 Å². The van der Waals surface area contributed by atoms with Gasteiger partial charge in [-0.1, -0.05) is 0 Å². The lowest BCUT2D eigenvalue weighted by molar-refractivity contribution is -0.159. The average molecular weight is 286 g/mol. The van der Waals surface area contributed by atoms with Gasteiger partial charge >= 0.3 is 5.97 Å². The number of carbonyl (C=O) groups excluding carboxylic acids is 1. The van der Waals surface area contributed by atoms with Gasteiger partial charge in [0.15, 0.2) is 6.04 Å². The molecule has 0 aromatic heterocycles. The van der Waals surface area contributed by atoms with Gasteiger partial charge in [-0.15, -0.1) is 0 Å². The number of carbonyl (C=O) groups is 2. The van der Waals surface area contributed by atoms with Gasteiger partial charge in [0.1, 0.15) is 0 Å². The number of amides is 1. The number of hydrogen-bond acceptors (Lipinski definition) is 5. The van der Waals surface area contributed by atoms with Gasteiger partial charge in [-0.2, -0.15) is 0 Å². The first-order chi connectivity index (χ1) is 9.68. The first-order valence-corrected chi connectivity index (χ1v) is 7.11. The van der Waals surface area contributed by atoms with Crippen LogP contribution in [0.4, 0.5) is 0 Å². The van der Waals surface area contributed by atoms with Crippen LogP contribution in [0, 0.1) is 0 Å². The molecule has 2 aliphatic rings. The number of nitrogens with zero attached hydrogens (tertiary/aromatic N) is 1. The van der Waals surface area contributed by atoms with Crippen LogP contribution in [-0.2, 0) is 19.1 Å². The van der Waals surface area contributed by atoms with E-state index in [1.807, 2.05) is 0 Å². The van der Waals surface area contributed by atoms with Crippen molar-refractivity contribution in [2.45, 2.75) is 31.4 Å². The van der Waals surface area contributed by atoms with Crippen molar-refractivity contribution >= 4 is 11.9 Å². The molecule has 7 heteroatoms. The molecule has 0 aliphatic carbocycles. The molecule has 1 amide bonds. The van der Waals surface area contributed by atoms with Crippen LogP contribution in [0.25, 0.3) is 0 Å². The van der Waals surface area contributed by atoms with Gasteiger partial charge in [-0.25, -0.2) is 4.79 Å². The van der Waals surface area contributed by atoms with Gasteiger partial charge in [0.05, 0.1) is 32.3 Å². The van der Waals surface area contributed by atoms with Crippen molar-refractivity contribution in [3.05, 3.63) is 0 Å². The molecule has 20 heavy (non-hydrogen) atoms. The third-order valence-electron chi connectivity index (χ3n) is 3.69. The van der Waals surface area contributed by atoms with E-state index in [0.29, 0.717) is 19.8 Å². The van der Waals surface area contributed by atoms with Gasteiger partial charge in [-0.05, 0) is 25.9 Å². The Morgan fingerprint density at radius 1 is 1.35 bits per heavy atom. The van der Waals surface area contributed by atoms with Crippen LogP contribution >= 0.6 is 0 Å². The minimum absolute atomic E-state index is 0.0657. The second kappa shape index (κ2) is 7.56. The predicted octanol–water partition coefficient (Wildman–Crippen LogP) is -0.543. The Hall–Kier alpha value is -1.18. The molecule has 2 rings (SSSR count). The van der Waals surface area contributed by atoms with Crippen LogP contribution in [-0.4, -0.2) is 73.5 Å². The van der Waals surface area contributed by atoms with E-state index in [9.17, 15) is 9.59 Å². The summed E-state index contributed by atoms with van der Waals surface area (Å²) < 4.78 is 10.8. The fourth-order valence-corrected chi connectivity index (χ4v) is 2.53. The van der Waals surface area contributed by atoms with E-state index in [0.717, 1.165) is 25.9 Å². The molecule has 0 bridgehead atoms. The number of carboxylic acid groups (broad SMARTS) is 1. The predicted molar refractivity (Wildman–Crippen MR) is 70.4 cm³/mol. The largest absolute Gasteiger partial charge is 0.480 e. The smallest absolute Gasteiger partial charge is 0.328 e. The normalized spacial score (nSPS) is 24.6. The van der Waals surface area contributed by atoms with E-state index in [4.69, 9.17) is 14.6 Å². The summed E-state index contributed by atoms with van der Waals surface area (Å²) in [7, 11) is 0. The topological polar surface area (TPSA) is 88.1 Å². The quantitative estimate of drug-likeness (QED) is 0.705. The molecular formula is C13H22N2O5. The maximum Gasteiger partial charge on any atom is 0.328 e. The lowest BCUT2D eigenvalue weighted by atomic mass is 10.1. The lowest BCUT2D eigenvalue weighted by Crippen LogP contribution is -2.52. The highest BCUT2D eigenvalue weighted by Gasteiger charge is 2.32. The summed E-state index contributed by atoms with van der Waals surface area (Å²) in [6, 6.07) is -0.866. The number of morpholine rings is 1. The SMILES string of the molecule is O=C(O)C1COCCN1C(=O)CCOC1CCNCC1. The van der Waals surface area contributed by atoms with E-state index in [2.05, 4.69) is 5.32 Å². The van der Waals surface area contributed by atoms with E-state index in [1.54, 1.807) is 0 Å². The van der Waals surface area contributed by atoms with Crippen molar-refractivity contribution in [2.75, 3.05) is 39.5 Å². The van der Waals surface area contributed by atoms with Crippen molar-refractivity contribution in [2.24, 2.45) is 0 Å². The van der Waals surface area contributed by atoms with Gasteiger partial charge < -0.3 is 24.8 Å². The van der Waals surface area contributed by atoms with E-state index in [-0.39, 0.29) is 25.0 Å². The Kier molecular flexibility index (Phi) is 5.75. The fraction of sp³-hybridized carbons (Fsp3) is 0.846. The Morgan fingerprint density at radius 2 is 2.10 bits per heavy atom. The van der Waals surface area contributed by atoms with Gasteiger partial charge in [-0.3, -0.25) is 4.79 Å². The zero-order valence-electron chi connectivity index (χ0n) is 11.5. The molecule has 2 saturated heterocycles. The Balaban J connectivity index is 1.73. The maximum absolute atomic E-state index is 12.1. The molecule has 114 valence electrons. The highest BCUT2D eigenvalue weighted by atomic mass is 16.5. The second-order valence-electron chi connectivity index (χ2n) is 5.09. The monoisotopic (exact) mass is 286 g/mol.